The van der Waals surface area contributed by atoms with Gasteiger partial charge in [0.2, 0.25) is 11.8 Å². The van der Waals surface area contributed by atoms with Gasteiger partial charge in [-0.3, -0.25) is 14.3 Å². The Morgan fingerprint density at radius 3 is 2.46 bits per heavy atom. The van der Waals surface area contributed by atoms with Crippen LogP contribution in [0.5, 0.6) is 11.6 Å². The van der Waals surface area contributed by atoms with E-state index in [9.17, 15) is 9.59 Å². The van der Waals surface area contributed by atoms with Crippen molar-refractivity contribution in [1.29, 1.82) is 0 Å². The average molecular weight is 475 g/mol. The summed E-state index contributed by atoms with van der Waals surface area (Å²) in [7, 11) is 0. The van der Waals surface area contributed by atoms with E-state index >= 15 is 0 Å². The van der Waals surface area contributed by atoms with Gasteiger partial charge in [-0.1, -0.05) is 18.2 Å². The van der Waals surface area contributed by atoms with Crippen molar-refractivity contribution >= 4 is 11.8 Å². The second-order valence-corrected chi connectivity index (χ2v) is 9.30. The summed E-state index contributed by atoms with van der Waals surface area (Å²) < 4.78 is 7.76. The van der Waals surface area contributed by atoms with Gasteiger partial charge >= 0.3 is 0 Å². The van der Waals surface area contributed by atoms with Gasteiger partial charge in [0.15, 0.2) is 0 Å². The van der Waals surface area contributed by atoms with Crippen molar-refractivity contribution in [3.05, 3.63) is 65.9 Å². The maximum Gasteiger partial charge on any atom is 0.257 e. The number of carbonyl (C=O) groups is 2. The number of aromatic nitrogens is 4. The molecule has 0 radical (unpaired) electrons. The fourth-order valence-corrected chi connectivity index (χ4v) is 4.82. The van der Waals surface area contributed by atoms with E-state index in [1.165, 1.54) is 0 Å². The number of para-hydroxylation sites is 1. The number of carbonyl (C=O) groups excluding carboxylic acids is 2. The second-order valence-electron chi connectivity index (χ2n) is 9.30. The molecule has 0 aliphatic carbocycles. The molecule has 0 saturated carbocycles. The lowest BCUT2D eigenvalue weighted by Gasteiger charge is -2.31. The highest BCUT2D eigenvalue weighted by Gasteiger charge is 2.29. The maximum absolute atomic E-state index is 13.1. The van der Waals surface area contributed by atoms with Crippen LogP contribution >= 0.6 is 0 Å². The highest BCUT2D eigenvalue weighted by atomic mass is 16.5. The molecular formula is C26H30N6O3. The molecule has 9 heteroatoms. The van der Waals surface area contributed by atoms with Gasteiger partial charge in [0.1, 0.15) is 11.6 Å². The lowest BCUT2D eigenvalue weighted by Crippen LogP contribution is -2.38. The van der Waals surface area contributed by atoms with Gasteiger partial charge in [0.05, 0.1) is 17.8 Å². The molecule has 2 aliphatic rings. The van der Waals surface area contributed by atoms with Crippen molar-refractivity contribution in [2.24, 2.45) is 0 Å². The summed E-state index contributed by atoms with van der Waals surface area (Å²) in [5.41, 5.74) is 1.46. The highest BCUT2D eigenvalue weighted by molar-refractivity contribution is 5.93. The van der Waals surface area contributed by atoms with Crippen molar-refractivity contribution in [3.63, 3.8) is 0 Å². The molecular weight excluding hydrogens is 444 g/mol. The fourth-order valence-electron chi connectivity index (χ4n) is 4.82. The summed E-state index contributed by atoms with van der Waals surface area (Å²) in [5, 5.41) is 4.42. The number of hydrogen-bond donors (Lipinski definition) is 0. The van der Waals surface area contributed by atoms with Crippen molar-refractivity contribution in [2.75, 3.05) is 26.2 Å². The first-order valence-corrected chi connectivity index (χ1v) is 12.1. The maximum atomic E-state index is 13.1. The number of amides is 2. The molecule has 2 fully saturated rings. The number of likely N-dealkylation sites (tertiary alicyclic amines) is 2. The fraction of sp³-hybridized carbons (Fsp3) is 0.423. The SMILES string of the molecule is CC(=O)N1CC[C@@H](n2cc(C(=O)N3CCC(c4nc(C)cc(Oc5ccccc5)n4)CC3)cn2)C1. The number of hydrogen-bond acceptors (Lipinski definition) is 6. The Kier molecular flexibility index (Phi) is 6.48. The molecule has 1 aromatic carbocycles. The molecule has 2 amide bonds. The summed E-state index contributed by atoms with van der Waals surface area (Å²) in [4.78, 5) is 37.8. The Balaban J connectivity index is 1.20. The predicted molar refractivity (Wildman–Crippen MR) is 129 cm³/mol. The normalized spacial score (nSPS) is 18.6. The largest absolute Gasteiger partial charge is 0.439 e. The molecule has 2 saturated heterocycles. The van der Waals surface area contributed by atoms with Gasteiger partial charge < -0.3 is 14.5 Å². The number of rotatable bonds is 5. The van der Waals surface area contributed by atoms with Gasteiger partial charge in [-0.15, -0.1) is 0 Å². The zero-order valence-corrected chi connectivity index (χ0v) is 20.1. The number of piperidine rings is 1. The second kappa shape index (κ2) is 9.85. The molecule has 0 bridgehead atoms. The van der Waals surface area contributed by atoms with Crippen LogP contribution in [0.4, 0.5) is 0 Å². The number of nitrogens with zero attached hydrogens (tertiary/aromatic N) is 6. The molecule has 0 spiro atoms. The standard InChI is InChI=1S/C26H30N6O3/c1-18-14-24(35-23-6-4-3-5-7-23)29-25(28-18)20-8-11-30(12-9-20)26(34)21-15-27-32(16-21)22-10-13-31(17-22)19(2)33/h3-7,14-16,20,22H,8-13,17H2,1-2H3/t22-/m1/s1. The summed E-state index contributed by atoms with van der Waals surface area (Å²) in [6.07, 6.45) is 5.91. The first-order chi connectivity index (χ1) is 17.0. The Morgan fingerprint density at radius 1 is 1.00 bits per heavy atom. The Hall–Kier alpha value is -3.75. The number of benzene rings is 1. The lowest BCUT2D eigenvalue weighted by molar-refractivity contribution is -0.127. The Bertz CT molecular complexity index is 1200. The monoisotopic (exact) mass is 474 g/mol. The molecule has 0 N–H and O–H groups in total. The number of ether oxygens (including phenoxy) is 1. The summed E-state index contributed by atoms with van der Waals surface area (Å²) >= 11 is 0. The quantitative estimate of drug-likeness (QED) is 0.561. The van der Waals surface area contributed by atoms with E-state index in [0.29, 0.717) is 31.1 Å². The topological polar surface area (TPSA) is 93.5 Å². The van der Waals surface area contributed by atoms with Crippen LogP contribution in [0, 0.1) is 6.92 Å². The summed E-state index contributed by atoms with van der Waals surface area (Å²) in [5.74, 6) is 2.30. The Labute approximate surface area is 204 Å². The highest BCUT2D eigenvalue weighted by Crippen LogP contribution is 2.29. The third-order valence-electron chi connectivity index (χ3n) is 6.79. The zero-order chi connectivity index (χ0) is 24.4. The summed E-state index contributed by atoms with van der Waals surface area (Å²) in [6, 6.07) is 11.6. The molecule has 0 unspecified atom stereocenters. The van der Waals surface area contributed by atoms with Crippen molar-refractivity contribution < 1.29 is 14.3 Å². The van der Waals surface area contributed by atoms with Gasteiger partial charge in [0.25, 0.3) is 5.91 Å². The van der Waals surface area contributed by atoms with Crippen LogP contribution in [0.25, 0.3) is 0 Å². The van der Waals surface area contributed by atoms with Crippen LogP contribution in [0.2, 0.25) is 0 Å². The minimum Gasteiger partial charge on any atom is -0.439 e. The van der Waals surface area contributed by atoms with Crippen LogP contribution in [0.1, 0.15) is 60.0 Å². The van der Waals surface area contributed by atoms with E-state index in [-0.39, 0.29) is 23.8 Å². The van der Waals surface area contributed by atoms with E-state index in [4.69, 9.17) is 4.74 Å². The van der Waals surface area contributed by atoms with Crippen molar-refractivity contribution in [3.8, 4) is 11.6 Å². The molecule has 2 aromatic heterocycles. The number of aryl methyl sites for hydroxylation is 1. The van der Waals surface area contributed by atoms with Crippen LogP contribution in [0.3, 0.4) is 0 Å². The average Bonchev–Trinajstić information content (AvgIpc) is 3.54. The minimum absolute atomic E-state index is 0.00520. The third-order valence-corrected chi connectivity index (χ3v) is 6.79. The van der Waals surface area contributed by atoms with E-state index in [2.05, 4.69) is 15.1 Å². The van der Waals surface area contributed by atoms with Gasteiger partial charge in [-0.2, -0.15) is 10.1 Å². The van der Waals surface area contributed by atoms with E-state index in [1.807, 2.05) is 64.0 Å². The smallest absolute Gasteiger partial charge is 0.257 e. The van der Waals surface area contributed by atoms with Gasteiger partial charge in [-0.25, -0.2) is 4.98 Å². The van der Waals surface area contributed by atoms with E-state index in [1.54, 1.807) is 13.1 Å². The van der Waals surface area contributed by atoms with E-state index < -0.39 is 0 Å². The molecule has 182 valence electrons. The third kappa shape index (κ3) is 5.18. The molecule has 1 atom stereocenters. The molecule has 35 heavy (non-hydrogen) atoms. The van der Waals surface area contributed by atoms with Gasteiger partial charge in [-0.05, 0) is 38.3 Å². The first kappa shape index (κ1) is 23.0. The van der Waals surface area contributed by atoms with E-state index in [0.717, 1.165) is 43.1 Å². The minimum atomic E-state index is -0.00520. The van der Waals surface area contributed by atoms with Gasteiger partial charge in [0, 0.05) is 57.0 Å². The predicted octanol–water partition coefficient (Wildman–Crippen LogP) is 3.59. The first-order valence-electron chi connectivity index (χ1n) is 12.1. The zero-order valence-electron chi connectivity index (χ0n) is 20.1. The molecule has 5 rings (SSSR count). The lowest BCUT2D eigenvalue weighted by atomic mass is 9.95. The van der Waals surface area contributed by atoms with Crippen molar-refractivity contribution in [2.45, 2.75) is 45.1 Å². The Morgan fingerprint density at radius 2 is 1.74 bits per heavy atom. The van der Waals surface area contributed by atoms with Crippen molar-refractivity contribution in [1.82, 2.24) is 29.5 Å². The molecule has 9 nitrogen and oxygen atoms in total. The molecule has 3 aromatic rings. The van der Waals surface area contributed by atoms with Crippen LogP contribution in [-0.2, 0) is 4.79 Å². The summed E-state index contributed by atoms with van der Waals surface area (Å²) in [6.45, 7) is 6.19. The van der Waals surface area contributed by atoms with Crippen LogP contribution in [-0.4, -0.2) is 67.5 Å². The van der Waals surface area contributed by atoms with Crippen LogP contribution in [0.15, 0.2) is 48.8 Å². The molecule has 2 aliphatic heterocycles. The van der Waals surface area contributed by atoms with Crippen LogP contribution < -0.4 is 4.74 Å². The molecule has 4 heterocycles.